The molecule has 0 radical (unpaired) electrons. The van der Waals surface area contributed by atoms with Crippen molar-refractivity contribution in [2.24, 2.45) is 0 Å². The molecule has 2 aromatic rings. The smallest absolute Gasteiger partial charge is 0.303 e. The molecular formula is C26H28O7S. The highest BCUT2D eigenvalue weighted by molar-refractivity contribution is 8.02. The van der Waals surface area contributed by atoms with Gasteiger partial charge >= 0.3 is 11.9 Å². The van der Waals surface area contributed by atoms with Crippen LogP contribution in [-0.4, -0.2) is 46.2 Å². The van der Waals surface area contributed by atoms with Crippen LogP contribution in [0.4, 0.5) is 0 Å². The number of thioether (sulfide) groups is 1. The van der Waals surface area contributed by atoms with E-state index in [0.717, 1.165) is 5.57 Å². The molecule has 34 heavy (non-hydrogen) atoms. The molecule has 3 N–H and O–H groups in total. The summed E-state index contributed by atoms with van der Waals surface area (Å²) in [6.07, 6.45) is 4.77. The Hall–Kier alpha value is -3.23. The number of hydrogen-bond acceptors (Lipinski definition) is 6. The van der Waals surface area contributed by atoms with Crippen LogP contribution in [0.15, 0.2) is 71.7 Å². The average Bonchev–Trinajstić information content (AvgIpc) is 2.85. The van der Waals surface area contributed by atoms with Gasteiger partial charge in [0.05, 0.1) is 13.2 Å². The number of hydrogen-bond donors (Lipinski definition) is 3. The molecule has 0 fully saturated rings. The van der Waals surface area contributed by atoms with Gasteiger partial charge in [-0.3, -0.25) is 9.59 Å². The average molecular weight is 485 g/mol. The second-order valence-corrected chi connectivity index (χ2v) is 8.68. The summed E-state index contributed by atoms with van der Waals surface area (Å²) in [4.78, 5) is 21.3. The van der Waals surface area contributed by atoms with Crippen LogP contribution in [0.1, 0.15) is 36.8 Å². The second-order valence-electron chi connectivity index (χ2n) is 7.78. The van der Waals surface area contributed by atoms with Crippen molar-refractivity contribution in [2.75, 3.05) is 19.0 Å². The van der Waals surface area contributed by atoms with E-state index in [1.165, 1.54) is 0 Å². The highest BCUT2D eigenvalue weighted by Crippen LogP contribution is 2.40. The maximum absolute atomic E-state index is 12.0. The van der Waals surface area contributed by atoms with Gasteiger partial charge in [-0.2, -0.15) is 0 Å². The summed E-state index contributed by atoms with van der Waals surface area (Å²) < 4.78 is 11.2. The van der Waals surface area contributed by atoms with Crippen molar-refractivity contribution in [2.45, 2.75) is 31.3 Å². The van der Waals surface area contributed by atoms with Gasteiger partial charge < -0.3 is 24.8 Å². The molecule has 0 aromatic heterocycles. The molecule has 0 amide bonds. The Morgan fingerprint density at radius 1 is 0.824 bits per heavy atom. The Bertz CT molecular complexity index is 961. The summed E-state index contributed by atoms with van der Waals surface area (Å²) in [5.41, 5.74) is 0.845. The molecule has 3 rings (SSSR count). The molecule has 1 aliphatic rings. The van der Waals surface area contributed by atoms with Gasteiger partial charge in [-0.25, -0.2) is 0 Å². The number of rotatable bonds is 13. The third kappa shape index (κ3) is 6.88. The van der Waals surface area contributed by atoms with Crippen molar-refractivity contribution < 1.29 is 34.4 Å². The van der Waals surface area contributed by atoms with Gasteiger partial charge in [0.15, 0.2) is 0 Å². The Morgan fingerprint density at radius 3 is 1.68 bits per heavy atom. The zero-order chi connectivity index (χ0) is 24.4. The summed E-state index contributed by atoms with van der Waals surface area (Å²) in [5.74, 6) is 0.136. The zero-order valence-corrected chi connectivity index (χ0v) is 19.5. The molecule has 0 atom stereocenters. The first kappa shape index (κ1) is 25.4. The van der Waals surface area contributed by atoms with E-state index in [2.05, 4.69) is 0 Å². The van der Waals surface area contributed by atoms with Crippen molar-refractivity contribution in [3.8, 4) is 11.5 Å². The minimum Gasteiger partial charge on any atom is -0.494 e. The fraction of sp³-hybridized carbons (Fsp3) is 0.308. The molecule has 1 heterocycles. The second kappa shape index (κ2) is 12.3. The molecular weight excluding hydrogens is 456 g/mol. The maximum Gasteiger partial charge on any atom is 0.303 e. The van der Waals surface area contributed by atoms with Gasteiger partial charge in [-0.15, -0.1) is 11.8 Å². The molecule has 0 saturated carbocycles. The lowest BCUT2D eigenvalue weighted by Gasteiger charge is -2.33. The van der Waals surface area contributed by atoms with E-state index in [9.17, 15) is 14.7 Å². The molecule has 0 aliphatic carbocycles. The molecule has 0 saturated heterocycles. The van der Waals surface area contributed by atoms with Gasteiger partial charge in [0, 0.05) is 18.6 Å². The number of carboxylic acid groups (broad SMARTS) is 2. The maximum atomic E-state index is 12.0. The third-order valence-electron chi connectivity index (χ3n) is 5.33. The molecule has 7 nitrogen and oxygen atoms in total. The van der Waals surface area contributed by atoms with Gasteiger partial charge in [0.1, 0.15) is 17.1 Å². The quantitative estimate of drug-likeness (QED) is 0.354. The van der Waals surface area contributed by atoms with Crippen molar-refractivity contribution >= 4 is 23.7 Å². The summed E-state index contributed by atoms with van der Waals surface area (Å²) in [5, 5.41) is 31.4. The van der Waals surface area contributed by atoms with Crippen molar-refractivity contribution in [3.05, 3.63) is 82.8 Å². The Morgan fingerprint density at radius 2 is 1.29 bits per heavy atom. The van der Waals surface area contributed by atoms with Crippen LogP contribution in [-0.2, 0) is 15.2 Å². The van der Waals surface area contributed by atoms with Crippen LogP contribution >= 0.6 is 11.8 Å². The van der Waals surface area contributed by atoms with E-state index in [1.807, 2.05) is 41.8 Å². The van der Waals surface area contributed by atoms with Crippen molar-refractivity contribution in [3.63, 3.8) is 0 Å². The number of carboxylic acids is 2. The van der Waals surface area contributed by atoms with Gasteiger partial charge in [0.2, 0.25) is 0 Å². The molecule has 2 aromatic carbocycles. The summed E-state index contributed by atoms with van der Waals surface area (Å²) in [7, 11) is 0. The molecule has 180 valence electrons. The lowest BCUT2D eigenvalue weighted by Crippen LogP contribution is -2.31. The number of allylic oxidation sites excluding steroid dienone is 2. The Kier molecular flexibility index (Phi) is 9.18. The molecule has 1 aliphatic heterocycles. The Labute approximate surface area is 202 Å². The Balaban J connectivity index is 1.77. The van der Waals surface area contributed by atoms with Crippen LogP contribution in [0.2, 0.25) is 0 Å². The predicted octanol–water partition coefficient (Wildman–Crippen LogP) is 4.60. The van der Waals surface area contributed by atoms with E-state index in [0.29, 0.717) is 54.4 Å². The van der Waals surface area contributed by atoms with Crippen LogP contribution in [0, 0.1) is 0 Å². The number of benzene rings is 2. The van der Waals surface area contributed by atoms with Crippen LogP contribution < -0.4 is 9.47 Å². The van der Waals surface area contributed by atoms with Crippen LogP contribution in [0.3, 0.4) is 0 Å². The summed E-state index contributed by atoms with van der Waals surface area (Å²) in [6, 6.07) is 14.3. The first-order valence-electron chi connectivity index (χ1n) is 11.0. The first-order chi connectivity index (χ1) is 16.4. The van der Waals surface area contributed by atoms with Crippen molar-refractivity contribution in [1.29, 1.82) is 0 Å². The van der Waals surface area contributed by atoms with E-state index in [-0.39, 0.29) is 12.8 Å². The van der Waals surface area contributed by atoms with E-state index < -0.39 is 17.5 Å². The SMILES string of the molecule is O=C(O)CCCOc1ccc(C(O)(C2=CC=CSC2)c2ccc(OCCCC(=O)O)cc2)cc1. The number of aliphatic hydroxyl groups is 1. The highest BCUT2D eigenvalue weighted by atomic mass is 32.2. The van der Waals surface area contributed by atoms with Gasteiger partial charge in [0.25, 0.3) is 0 Å². The van der Waals surface area contributed by atoms with E-state index in [4.69, 9.17) is 19.7 Å². The lowest BCUT2D eigenvalue weighted by atomic mass is 9.80. The molecule has 0 unspecified atom stereocenters. The largest absolute Gasteiger partial charge is 0.494 e. The minimum absolute atomic E-state index is 0.0520. The fourth-order valence-corrected chi connectivity index (χ4v) is 4.34. The third-order valence-corrected chi connectivity index (χ3v) is 6.15. The van der Waals surface area contributed by atoms with Crippen LogP contribution in [0.25, 0.3) is 0 Å². The number of carbonyl (C=O) groups is 2. The molecule has 0 spiro atoms. The topological polar surface area (TPSA) is 113 Å². The highest BCUT2D eigenvalue weighted by Gasteiger charge is 2.36. The minimum atomic E-state index is -1.36. The van der Waals surface area contributed by atoms with E-state index in [1.54, 1.807) is 36.0 Å². The standard InChI is InChI=1S/C26H28O7S/c27-24(28)5-1-15-32-22-11-7-19(8-12-22)26(31,21-4-3-17-34-18-21)20-9-13-23(14-10-20)33-16-2-6-25(29)30/h3-4,7-14,17,31H,1-2,5-6,15-16,18H2,(H,27,28)(H,29,30). The first-order valence-corrected chi connectivity index (χ1v) is 12.0. The van der Waals surface area contributed by atoms with Gasteiger partial charge in [-0.1, -0.05) is 36.4 Å². The van der Waals surface area contributed by atoms with Crippen molar-refractivity contribution in [1.82, 2.24) is 0 Å². The van der Waals surface area contributed by atoms with Crippen LogP contribution in [0.5, 0.6) is 11.5 Å². The summed E-state index contributed by atoms with van der Waals surface area (Å²) >= 11 is 1.60. The molecule has 0 bridgehead atoms. The number of ether oxygens (including phenoxy) is 2. The summed E-state index contributed by atoms with van der Waals surface area (Å²) in [6.45, 7) is 0.604. The normalized spacial score (nSPS) is 13.3. The van der Waals surface area contributed by atoms with E-state index >= 15 is 0 Å². The lowest BCUT2D eigenvalue weighted by molar-refractivity contribution is -0.138. The zero-order valence-electron chi connectivity index (χ0n) is 18.7. The number of aliphatic carboxylic acids is 2. The molecule has 8 heteroatoms. The monoisotopic (exact) mass is 484 g/mol. The fourth-order valence-electron chi connectivity index (χ4n) is 3.57. The van der Waals surface area contributed by atoms with Gasteiger partial charge in [-0.05, 0) is 59.2 Å². The predicted molar refractivity (Wildman–Crippen MR) is 130 cm³/mol.